The van der Waals surface area contributed by atoms with E-state index in [-0.39, 0.29) is 39.2 Å². The fourth-order valence-corrected chi connectivity index (χ4v) is 3.17. The number of carbonyl (C=O) groups is 2. The van der Waals surface area contributed by atoms with Gasteiger partial charge in [-0.25, -0.2) is 13.2 Å². The van der Waals surface area contributed by atoms with Gasteiger partial charge in [0.05, 0.1) is 39.7 Å². The SMILES string of the molecule is CCOC(=O)c1ccc(NC(=O)c2ccc(NS(C)(=O)=O)cc2Cl)c(Cl)c1. The Bertz CT molecular complexity index is 993. The van der Waals surface area contributed by atoms with Crippen molar-refractivity contribution in [2.45, 2.75) is 6.92 Å². The lowest BCUT2D eigenvalue weighted by molar-refractivity contribution is 0.0526. The minimum Gasteiger partial charge on any atom is -0.462 e. The van der Waals surface area contributed by atoms with Crippen LogP contribution in [0.2, 0.25) is 10.0 Å². The van der Waals surface area contributed by atoms with Crippen LogP contribution in [0.15, 0.2) is 36.4 Å². The lowest BCUT2D eigenvalue weighted by Gasteiger charge is -2.11. The van der Waals surface area contributed by atoms with Crippen LogP contribution < -0.4 is 10.0 Å². The standard InChI is InChI=1S/C17H16Cl2N2O5S/c1-3-26-17(23)10-4-7-15(14(19)8-10)20-16(22)12-6-5-11(9-13(12)18)21-27(2,24)25/h4-9,21H,3H2,1-2H3,(H,20,22). The Morgan fingerprint density at radius 2 is 1.78 bits per heavy atom. The van der Waals surface area contributed by atoms with Gasteiger partial charge in [0.2, 0.25) is 10.0 Å². The molecule has 2 N–H and O–H groups in total. The zero-order valence-corrected chi connectivity index (χ0v) is 16.7. The average molecular weight is 431 g/mol. The highest BCUT2D eigenvalue weighted by atomic mass is 35.5. The van der Waals surface area contributed by atoms with Gasteiger partial charge in [-0.2, -0.15) is 0 Å². The monoisotopic (exact) mass is 430 g/mol. The number of benzene rings is 2. The van der Waals surface area contributed by atoms with Gasteiger partial charge in [-0.1, -0.05) is 23.2 Å². The lowest BCUT2D eigenvalue weighted by atomic mass is 10.1. The highest BCUT2D eigenvalue weighted by molar-refractivity contribution is 7.92. The van der Waals surface area contributed by atoms with E-state index in [0.717, 1.165) is 6.26 Å². The first kappa shape index (κ1) is 21.0. The molecule has 0 fully saturated rings. The second-order valence-electron chi connectivity index (χ2n) is 5.44. The van der Waals surface area contributed by atoms with Crippen LogP contribution in [0.1, 0.15) is 27.6 Å². The molecule has 10 heteroatoms. The van der Waals surface area contributed by atoms with Gasteiger partial charge < -0.3 is 10.1 Å². The molecule has 0 unspecified atom stereocenters. The summed E-state index contributed by atoms with van der Waals surface area (Å²) in [6.07, 6.45) is 1.00. The second kappa shape index (κ2) is 8.60. The summed E-state index contributed by atoms with van der Waals surface area (Å²) in [6, 6.07) is 8.44. The maximum absolute atomic E-state index is 12.4. The minimum atomic E-state index is -3.46. The quantitative estimate of drug-likeness (QED) is 0.678. The second-order valence-corrected chi connectivity index (χ2v) is 8.00. The fourth-order valence-electron chi connectivity index (χ4n) is 2.12. The van der Waals surface area contributed by atoms with Crippen molar-refractivity contribution in [1.82, 2.24) is 0 Å². The molecule has 2 rings (SSSR count). The molecular formula is C17H16Cl2N2O5S. The Labute approximate surface area is 166 Å². The van der Waals surface area contributed by atoms with Gasteiger partial charge in [-0.15, -0.1) is 0 Å². The number of carbonyl (C=O) groups excluding carboxylic acids is 2. The Morgan fingerprint density at radius 1 is 1.07 bits per heavy atom. The topological polar surface area (TPSA) is 102 Å². The number of amides is 1. The molecule has 1 amide bonds. The number of halogens is 2. The maximum atomic E-state index is 12.4. The first-order valence-corrected chi connectivity index (χ1v) is 10.3. The van der Waals surface area contributed by atoms with Crippen LogP contribution in [0.25, 0.3) is 0 Å². The molecule has 0 aliphatic rings. The summed E-state index contributed by atoms with van der Waals surface area (Å²) in [7, 11) is -3.46. The van der Waals surface area contributed by atoms with E-state index in [1.54, 1.807) is 6.92 Å². The van der Waals surface area contributed by atoms with E-state index in [0.29, 0.717) is 0 Å². The van der Waals surface area contributed by atoms with E-state index >= 15 is 0 Å². The molecular weight excluding hydrogens is 415 g/mol. The van der Waals surface area contributed by atoms with Crippen molar-refractivity contribution in [1.29, 1.82) is 0 Å². The fraction of sp³-hybridized carbons (Fsp3) is 0.176. The molecule has 0 saturated carbocycles. The van der Waals surface area contributed by atoms with Crippen LogP contribution in [-0.2, 0) is 14.8 Å². The van der Waals surface area contributed by atoms with Crippen LogP contribution in [0, 0.1) is 0 Å². The summed E-state index contributed by atoms with van der Waals surface area (Å²) in [4.78, 5) is 24.1. The van der Waals surface area contributed by atoms with Crippen LogP contribution in [0.3, 0.4) is 0 Å². The average Bonchev–Trinajstić information content (AvgIpc) is 2.55. The van der Waals surface area contributed by atoms with E-state index in [1.807, 2.05) is 0 Å². The molecule has 0 atom stereocenters. The third-order valence-corrected chi connectivity index (χ3v) is 4.48. The van der Waals surface area contributed by atoms with E-state index in [1.165, 1.54) is 36.4 Å². The van der Waals surface area contributed by atoms with Crippen molar-refractivity contribution in [3.63, 3.8) is 0 Å². The molecule has 0 bridgehead atoms. The van der Waals surface area contributed by atoms with E-state index in [2.05, 4.69) is 10.0 Å². The lowest BCUT2D eigenvalue weighted by Crippen LogP contribution is -2.14. The molecule has 0 radical (unpaired) electrons. The number of rotatable bonds is 6. The van der Waals surface area contributed by atoms with E-state index in [4.69, 9.17) is 27.9 Å². The van der Waals surface area contributed by atoms with Crippen LogP contribution >= 0.6 is 23.2 Å². The molecule has 0 spiro atoms. The van der Waals surface area contributed by atoms with Gasteiger partial charge in [-0.05, 0) is 43.3 Å². The zero-order chi connectivity index (χ0) is 20.2. The molecule has 0 heterocycles. The third-order valence-electron chi connectivity index (χ3n) is 3.25. The number of hydrogen-bond donors (Lipinski definition) is 2. The first-order chi connectivity index (χ1) is 12.6. The Hall–Kier alpha value is -2.29. The summed E-state index contributed by atoms with van der Waals surface area (Å²) in [6.45, 7) is 1.92. The predicted octanol–water partition coefficient (Wildman–Crippen LogP) is 3.79. The van der Waals surface area contributed by atoms with Crippen molar-refractivity contribution >= 4 is 56.5 Å². The highest BCUT2D eigenvalue weighted by Crippen LogP contribution is 2.26. The van der Waals surface area contributed by atoms with Crippen molar-refractivity contribution in [3.8, 4) is 0 Å². The van der Waals surface area contributed by atoms with Gasteiger partial charge in [0.15, 0.2) is 0 Å². The summed E-state index contributed by atoms with van der Waals surface area (Å²) < 4.78 is 29.6. The summed E-state index contributed by atoms with van der Waals surface area (Å²) in [5.74, 6) is -1.06. The molecule has 2 aromatic carbocycles. The van der Waals surface area contributed by atoms with E-state index in [9.17, 15) is 18.0 Å². The molecule has 0 saturated heterocycles. The van der Waals surface area contributed by atoms with Gasteiger partial charge in [0.1, 0.15) is 0 Å². The molecule has 0 aromatic heterocycles. The summed E-state index contributed by atoms with van der Waals surface area (Å²) >= 11 is 12.2. The van der Waals surface area contributed by atoms with Gasteiger partial charge >= 0.3 is 5.97 Å². The van der Waals surface area contributed by atoms with Crippen molar-refractivity contribution in [3.05, 3.63) is 57.6 Å². The molecule has 7 nitrogen and oxygen atoms in total. The molecule has 0 aliphatic heterocycles. The summed E-state index contributed by atoms with van der Waals surface area (Å²) in [5.41, 5.74) is 0.898. The largest absolute Gasteiger partial charge is 0.462 e. The van der Waals surface area contributed by atoms with Gasteiger partial charge in [-0.3, -0.25) is 9.52 Å². The Morgan fingerprint density at radius 3 is 2.33 bits per heavy atom. The summed E-state index contributed by atoms with van der Waals surface area (Å²) in [5, 5.41) is 2.80. The third kappa shape index (κ3) is 5.85. The minimum absolute atomic E-state index is 0.0559. The number of ether oxygens (including phenoxy) is 1. The van der Waals surface area contributed by atoms with E-state index < -0.39 is 21.9 Å². The number of nitrogens with one attached hydrogen (secondary N) is 2. The molecule has 2 aromatic rings. The van der Waals surface area contributed by atoms with Gasteiger partial charge in [0.25, 0.3) is 5.91 Å². The predicted molar refractivity (Wildman–Crippen MR) is 105 cm³/mol. The normalized spacial score (nSPS) is 11.0. The number of sulfonamides is 1. The van der Waals surface area contributed by atoms with Crippen LogP contribution in [0.4, 0.5) is 11.4 Å². The van der Waals surface area contributed by atoms with Crippen molar-refractivity contribution in [2.75, 3.05) is 22.9 Å². The highest BCUT2D eigenvalue weighted by Gasteiger charge is 2.15. The van der Waals surface area contributed by atoms with Gasteiger partial charge in [0, 0.05) is 5.69 Å². The molecule has 27 heavy (non-hydrogen) atoms. The maximum Gasteiger partial charge on any atom is 0.338 e. The number of anilines is 2. The number of hydrogen-bond acceptors (Lipinski definition) is 5. The van der Waals surface area contributed by atoms with Crippen LogP contribution in [0.5, 0.6) is 0 Å². The van der Waals surface area contributed by atoms with Crippen molar-refractivity contribution in [2.24, 2.45) is 0 Å². The zero-order valence-electron chi connectivity index (χ0n) is 14.4. The first-order valence-electron chi connectivity index (χ1n) is 7.66. The molecule has 0 aliphatic carbocycles. The molecule has 144 valence electrons. The van der Waals surface area contributed by atoms with Crippen LogP contribution in [-0.4, -0.2) is 33.2 Å². The Kier molecular flexibility index (Phi) is 6.69. The van der Waals surface area contributed by atoms with Crippen molar-refractivity contribution < 1.29 is 22.7 Å². The number of esters is 1. The smallest absolute Gasteiger partial charge is 0.338 e. The Balaban J connectivity index is 2.18.